The lowest BCUT2D eigenvalue weighted by atomic mass is 10.5. The molecule has 0 aliphatic rings. The minimum atomic E-state index is -3.06. The third kappa shape index (κ3) is 5.86. The number of hydrogen-bond acceptors (Lipinski definition) is 5. The molecule has 0 aromatic carbocycles. The van der Waals surface area contributed by atoms with Gasteiger partial charge in [-0.05, 0) is 34.1 Å². The molecule has 0 bridgehead atoms. The summed E-state index contributed by atoms with van der Waals surface area (Å²) in [6.07, 6.45) is 1.63. The third-order valence-electron chi connectivity index (χ3n) is 2.28. The number of ether oxygens (including phenoxy) is 1. The molecule has 0 aromatic rings. The van der Waals surface area contributed by atoms with Crippen LogP contribution in [0.5, 0.6) is 0 Å². The van der Waals surface area contributed by atoms with Crippen molar-refractivity contribution in [2.24, 2.45) is 0 Å². The summed E-state index contributed by atoms with van der Waals surface area (Å²) in [4.78, 5) is 11.4. The Hall–Kier alpha value is -0.693. The maximum atomic E-state index is 11.4. The SMILES string of the molecule is C=CC(=O)OC(CC)[Si](OCC)(OCC)OC(C)C. The van der Waals surface area contributed by atoms with Crippen molar-refractivity contribution in [3.8, 4) is 0 Å². The molecule has 0 N–H and O–H groups in total. The highest BCUT2D eigenvalue weighted by Crippen LogP contribution is 2.22. The van der Waals surface area contributed by atoms with Crippen molar-refractivity contribution in [3.63, 3.8) is 0 Å². The Balaban J connectivity index is 5.20. The normalized spacial score (nSPS) is 13.4. The quantitative estimate of drug-likeness (QED) is 0.351. The van der Waals surface area contributed by atoms with Gasteiger partial charge in [-0.2, -0.15) is 0 Å². The van der Waals surface area contributed by atoms with Gasteiger partial charge in [-0.1, -0.05) is 13.5 Å². The largest absolute Gasteiger partial charge is 0.544 e. The topological polar surface area (TPSA) is 54.0 Å². The number of esters is 1. The van der Waals surface area contributed by atoms with E-state index >= 15 is 0 Å². The first-order valence-electron chi connectivity index (χ1n) is 6.74. The van der Waals surface area contributed by atoms with E-state index in [4.69, 9.17) is 18.0 Å². The zero-order valence-corrected chi connectivity index (χ0v) is 13.6. The summed E-state index contributed by atoms with van der Waals surface area (Å²) < 4.78 is 22.8. The highest BCUT2D eigenvalue weighted by Gasteiger charge is 2.52. The summed E-state index contributed by atoms with van der Waals surface area (Å²) in [5.41, 5.74) is -0.514. The van der Waals surface area contributed by atoms with E-state index in [9.17, 15) is 4.79 Å². The van der Waals surface area contributed by atoms with Crippen LogP contribution in [-0.4, -0.2) is 39.8 Å². The van der Waals surface area contributed by atoms with Crippen LogP contribution in [0, 0.1) is 0 Å². The second kappa shape index (κ2) is 9.25. The Labute approximate surface area is 117 Å². The van der Waals surface area contributed by atoms with Gasteiger partial charge in [0.05, 0.1) is 0 Å². The standard InChI is InChI=1S/C13H26O5Si/c1-7-12(14)17-13(8-2)19(15-9-3,16-10-4)18-11(5)6/h7,11,13H,1,8-10H2,2-6H3. The molecule has 0 rings (SSSR count). The highest BCUT2D eigenvalue weighted by molar-refractivity contribution is 6.62. The van der Waals surface area contributed by atoms with Gasteiger partial charge < -0.3 is 18.0 Å². The zero-order valence-electron chi connectivity index (χ0n) is 12.6. The molecule has 0 radical (unpaired) electrons. The van der Waals surface area contributed by atoms with Crippen LogP contribution in [0.4, 0.5) is 0 Å². The Morgan fingerprint density at radius 2 is 1.74 bits per heavy atom. The number of rotatable bonds is 10. The van der Waals surface area contributed by atoms with Gasteiger partial charge in [0, 0.05) is 25.4 Å². The maximum absolute atomic E-state index is 11.4. The van der Waals surface area contributed by atoms with Crippen LogP contribution in [0.15, 0.2) is 12.7 Å². The van der Waals surface area contributed by atoms with Crippen LogP contribution in [0.2, 0.25) is 0 Å². The molecule has 0 spiro atoms. The van der Waals surface area contributed by atoms with Gasteiger partial charge in [-0.15, -0.1) is 0 Å². The molecule has 19 heavy (non-hydrogen) atoms. The zero-order chi connectivity index (χ0) is 14.9. The van der Waals surface area contributed by atoms with Crippen molar-refractivity contribution in [3.05, 3.63) is 12.7 Å². The molecule has 0 fully saturated rings. The molecular formula is C13H26O5Si. The minimum Gasteiger partial charge on any atom is -0.455 e. The molecule has 112 valence electrons. The Bertz CT molecular complexity index is 274. The predicted octanol–water partition coefficient (Wildman–Crippen LogP) is 2.47. The fourth-order valence-electron chi connectivity index (χ4n) is 1.70. The Morgan fingerprint density at radius 1 is 1.21 bits per heavy atom. The smallest absolute Gasteiger partial charge is 0.455 e. The van der Waals surface area contributed by atoms with Crippen molar-refractivity contribution in [2.45, 2.75) is 52.9 Å². The van der Waals surface area contributed by atoms with Crippen molar-refractivity contribution >= 4 is 14.8 Å². The van der Waals surface area contributed by atoms with E-state index in [0.717, 1.165) is 6.08 Å². The number of carbonyl (C=O) groups is 1. The molecule has 0 aromatic heterocycles. The van der Waals surface area contributed by atoms with Gasteiger partial charge in [0.2, 0.25) is 0 Å². The van der Waals surface area contributed by atoms with Crippen LogP contribution < -0.4 is 0 Å². The summed E-state index contributed by atoms with van der Waals surface area (Å²) in [6, 6.07) is 0. The first-order chi connectivity index (χ1) is 8.95. The van der Waals surface area contributed by atoms with Gasteiger partial charge in [-0.25, -0.2) is 4.79 Å². The number of hydrogen-bond donors (Lipinski definition) is 0. The second-order valence-corrected chi connectivity index (χ2v) is 6.84. The molecule has 1 unspecified atom stereocenters. The molecule has 0 amide bonds. The fourth-order valence-corrected chi connectivity index (χ4v) is 4.66. The lowest BCUT2D eigenvalue weighted by Gasteiger charge is -2.35. The molecule has 6 heteroatoms. The first-order valence-corrected chi connectivity index (χ1v) is 8.54. The van der Waals surface area contributed by atoms with Crippen LogP contribution in [0.3, 0.4) is 0 Å². The number of carbonyl (C=O) groups excluding carboxylic acids is 1. The van der Waals surface area contributed by atoms with E-state index in [1.165, 1.54) is 0 Å². The molecular weight excluding hydrogens is 264 g/mol. The lowest BCUT2D eigenvalue weighted by molar-refractivity contribution is -0.143. The van der Waals surface area contributed by atoms with Crippen molar-refractivity contribution < 1.29 is 22.8 Å². The fraction of sp³-hybridized carbons (Fsp3) is 0.769. The van der Waals surface area contributed by atoms with Crippen LogP contribution in [-0.2, 0) is 22.8 Å². The third-order valence-corrected chi connectivity index (χ3v) is 5.78. The second-order valence-electron chi connectivity index (χ2n) is 4.17. The maximum Gasteiger partial charge on any atom is 0.544 e. The van der Waals surface area contributed by atoms with Crippen molar-refractivity contribution in [2.75, 3.05) is 13.2 Å². The van der Waals surface area contributed by atoms with Crippen LogP contribution in [0.25, 0.3) is 0 Å². The molecule has 0 saturated carbocycles. The summed E-state index contributed by atoms with van der Waals surface area (Å²) in [5.74, 6) is -0.490. The van der Waals surface area contributed by atoms with Crippen molar-refractivity contribution in [1.82, 2.24) is 0 Å². The van der Waals surface area contributed by atoms with Crippen LogP contribution in [0.1, 0.15) is 41.0 Å². The Morgan fingerprint density at radius 3 is 2.05 bits per heavy atom. The minimum absolute atomic E-state index is 0.0683. The van der Waals surface area contributed by atoms with Gasteiger partial charge in [0.15, 0.2) is 5.73 Å². The van der Waals surface area contributed by atoms with E-state index in [-0.39, 0.29) is 6.10 Å². The van der Waals surface area contributed by atoms with E-state index in [0.29, 0.717) is 19.6 Å². The van der Waals surface area contributed by atoms with Gasteiger partial charge >= 0.3 is 14.8 Å². The lowest BCUT2D eigenvalue weighted by Crippen LogP contribution is -2.59. The van der Waals surface area contributed by atoms with Gasteiger partial charge in [0.1, 0.15) is 0 Å². The van der Waals surface area contributed by atoms with Crippen LogP contribution >= 0.6 is 0 Å². The molecule has 0 aliphatic carbocycles. The van der Waals surface area contributed by atoms with E-state index < -0.39 is 20.5 Å². The summed E-state index contributed by atoms with van der Waals surface area (Å²) in [7, 11) is -3.06. The summed E-state index contributed by atoms with van der Waals surface area (Å²) in [5, 5.41) is 0. The molecule has 0 saturated heterocycles. The monoisotopic (exact) mass is 290 g/mol. The van der Waals surface area contributed by atoms with E-state index in [1.54, 1.807) is 0 Å². The Kier molecular flexibility index (Phi) is 8.91. The molecule has 1 atom stereocenters. The van der Waals surface area contributed by atoms with Gasteiger partial charge in [0.25, 0.3) is 0 Å². The van der Waals surface area contributed by atoms with E-state index in [2.05, 4.69) is 6.58 Å². The summed E-state index contributed by atoms with van der Waals surface area (Å²) in [6.45, 7) is 13.7. The molecule has 0 aliphatic heterocycles. The van der Waals surface area contributed by atoms with E-state index in [1.807, 2.05) is 34.6 Å². The average molecular weight is 290 g/mol. The average Bonchev–Trinajstić information content (AvgIpc) is 2.35. The molecule has 5 nitrogen and oxygen atoms in total. The summed E-state index contributed by atoms with van der Waals surface area (Å²) >= 11 is 0. The predicted molar refractivity (Wildman–Crippen MR) is 75.6 cm³/mol. The van der Waals surface area contributed by atoms with Gasteiger partial charge in [-0.3, -0.25) is 0 Å². The first kappa shape index (κ1) is 18.3. The molecule has 0 heterocycles. The highest BCUT2D eigenvalue weighted by atomic mass is 28.4. The van der Waals surface area contributed by atoms with Crippen molar-refractivity contribution in [1.29, 1.82) is 0 Å².